The Hall–Kier alpha value is -2.82. The van der Waals surface area contributed by atoms with Gasteiger partial charge in [0.1, 0.15) is 6.61 Å². The summed E-state index contributed by atoms with van der Waals surface area (Å²) in [7, 11) is 1.68. The fourth-order valence-electron chi connectivity index (χ4n) is 3.42. The SMILES string of the molecule is CN(CCCCC(=O)O)C(=O)OCC1c2ccccc2-c2ccccc21. The summed E-state index contributed by atoms with van der Waals surface area (Å²) < 4.78 is 5.55. The van der Waals surface area contributed by atoms with Crippen LogP contribution in [0.25, 0.3) is 11.1 Å². The zero-order valence-electron chi connectivity index (χ0n) is 14.9. The first-order chi connectivity index (χ1) is 12.6. The van der Waals surface area contributed by atoms with Crippen LogP contribution in [0.1, 0.15) is 36.3 Å². The van der Waals surface area contributed by atoms with Gasteiger partial charge in [0, 0.05) is 25.9 Å². The number of amides is 1. The molecule has 2 aromatic rings. The Bertz CT molecular complexity index is 757. The minimum absolute atomic E-state index is 0.0479. The highest BCUT2D eigenvalue weighted by Gasteiger charge is 2.29. The van der Waals surface area contributed by atoms with Crippen molar-refractivity contribution in [1.82, 2.24) is 4.90 Å². The van der Waals surface area contributed by atoms with Gasteiger partial charge in [-0.1, -0.05) is 48.5 Å². The number of ether oxygens (including phenoxy) is 1. The number of carbonyl (C=O) groups is 2. The number of carboxylic acids is 1. The number of hydrogen-bond donors (Lipinski definition) is 1. The van der Waals surface area contributed by atoms with Crippen LogP contribution in [-0.2, 0) is 9.53 Å². The summed E-state index contributed by atoms with van der Waals surface area (Å²) in [5.74, 6) is -0.763. The maximum absolute atomic E-state index is 12.2. The first kappa shape index (κ1) is 18.0. The number of unbranched alkanes of at least 4 members (excludes halogenated alkanes) is 1. The maximum Gasteiger partial charge on any atom is 0.409 e. The number of hydrogen-bond acceptors (Lipinski definition) is 3. The van der Waals surface area contributed by atoms with Crippen molar-refractivity contribution in [2.45, 2.75) is 25.2 Å². The number of fused-ring (bicyclic) bond motifs is 3. The van der Waals surface area contributed by atoms with E-state index in [0.717, 1.165) is 0 Å². The van der Waals surface area contributed by atoms with Gasteiger partial charge in [0.2, 0.25) is 0 Å². The van der Waals surface area contributed by atoms with Gasteiger partial charge in [-0.05, 0) is 35.1 Å². The summed E-state index contributed by atoms with van der Waals surface area (Å²) in [6, 6.07) is 16.4. The minimum atomic E-state index is -0.811. The summed E-state index contributed by atoms with van der Waals surface area (Å²) in [5.41, 5.74) is 4.77. The van der Waals surface area contributed by atoms with Crippen LogP contribution in [0.2, 0.25) is 0 Å². The lowest BCUT2D eigenvalue weighted by atomic mass is 9.98. The van der Waals surface area contributed by atoms with Crippen molar-refractivity contribution in [3.8, 4) is 11.1 Å². The Kier molecular flexibility index (Phi) is 5.56. The molecule has 0 fully saturated rings. The van der Waals surface area contributed by atoms with Crippen LogP contribution in [0.5, 0.6) is 0 Å². The number of carbonyl (C=O) groups excluding carboxylic acids is 1. The molecule has 0 spiro atoms. The number of benzene rings is 2. The standard InChI is InChI=1S/C21H23NO4/c1-22(13-7-6-12-20(23)24)21(25)26-14-19-17-10-4-2-8-15(17)16-9-3-5-11-18(16)19/h2-5,8-11,19H,6-7,12-14H2,1H3,(H,23,24). The van der Waals surface area contributed by atoms with Gasteiger partial charge in [-0.25, -0.2) is 4.79 Å². The summed E-state index contributed by atoms with van der Waals surface area (Å²) in [4.78, 5) is 24.3. The third-order valence-corrected chi connectivity index (χ3v) is 4.78. The van der Waals surface area contributed by atoms with Gasteiger partial charge in [-0.15, -0.1) is 0 Å². The van der Waals surface area contributed by atoms with E-state index in [-0.39, 0.29) is 18.4 Å². The third kappa shape index (κ3) is 3.87. The second-order valence-electron chi connectivity index (χ2n) is 6.58. The molecular weight excluding hydrogens is 330 g/mol. The first-order valence-corrected chi connectivity index (χ1v) is 8.86. The van der Waals surface area contributed by atoms with E-state index in [0.29, 0.717) is 26.0 Å². The molecule has 5 nitrogen and oxygen atoms in total. The van der Waals surface area contributed by atoms with E-state index in [1.54, 1.807) is 7.05 Å². The Labute approximate surface area is 153 Å². The van der Waals surface area contributed by atoms with Gasteiger partial charge < -0.3 is 14.7 Å². The van der Waals surface area contributed by atoms with Crippen molar-refractivity contribution >= 4 is 12.1 Å². The van der Waals surface area contributed by atoms with Crippen LogP contribution in [0.4, 0.5) is 4.79 Å². The molecule has 0 aromatic heterocycles. The predicted octanol–water partition coefficient (Wildman–Crippen LogP) is 4.12. The van der Waals surface area contributed by atoms with Crippen LogP contribution in [0.15, 0.2) is 48.5 Å². The summed E-state index contributed by atoms with van der Waals surface area (Å²) in [5, 5.41) is 8.65. The molecule has 1 aliphatic carbocycles. The smallest absolute Gasteiger partial charge is 0.409 e. The lowest BCUT2D eigenvalue weighted by Gasteiger charge is -2.19. The van der Waals surface area contributed by atoms with Crippen molar-refractivity contribution in [2.75, 3.05) is 20.2 Å². The minimum Gasteiger partial charge on any atom is -0.481 e. The Balaban J connectivity index is 1.59. The molecule has 1 amide bonds. The van der Waals surface area contributed by atoms with Crippen molar-refractivity contribution in [2.24, 2.45) is 0 Å². The van der Waals surface area contributed by atoms with E-state index in [2.05, 4.69) is 24.3 Å². The second kappa shape index (κ2) is 8.04. The quantitative estimate of drug-likeness (QED) is 0.760. The van der Waals surface area contributed by atoms with Crippen molar-refractivity contribution in [3.63, 3.8) is 0 Å². The van der Waals surface area contributed by atoms with Crippen LogP contribution < -0.4 is 0 Å². The topological polar surface area (TPSA) is 66.8 Å². The van der Waals surface area contributed by atoms with Gasteiger partial charge in [-0.2, -0.15) is 0 Å². The van der Waals surface area contributed by atoms with Crippen molar-refractivity contribution in [3.05, 3.63) is 59.7 Å². The molecule has 3 rings (SSSR count). The number of rotatable bonds is 7. The summed E-state index contributed by atoms with van der Waals surface area (Å²) >= 11 is 0. The molecule has 136 valence electrons. The molecule has 5 heteroatoms. The van der Waals surface area contributed by atoms with Gasteiger partial charge >= 0.3 is 12.1 Å². The molecule has 0 unspecified atom stereocenters. The monoisotopic (exact) mass is 353 g/mol. The highest BCUT2D eigenvalue weighted by atomic mass is 16.6. The predicted molar refractivity (Wildman–Crippen MR) is 99.2 cm³/mol. The van der Waals surface area contributed by atoms with E-state index in [4.69, 9.17) is 9.84 Å². The fourth-order valence-corrected chi connectivity index (χ4v) is 3.42. The molecule has 1 N–H and O–H groups in total. The molecule has 0 radical (unpaired) electrons. The Morgan fingerprint density at radius 3 is 2.15 bits per heavy atom. The number of carboxylic acid groups (broad SMARTS) is 1. The molecule has 0 heterocycles. The van der Waals surface area contributed by atoms with Crippen LogP contribution >= 0.6 is 0 Å². The van der Waals surface area contributed by atoms with E-state index in [1.165, 1.54) is 27.2 Å². The van der Waals surface area contributed by atoms with Crippen molar-refractivity contribution in [1.29, 1.82) is 0 Å². The Morgan fingerprint density at radius 1 is 1.00 bits per heavy atom. The maximum atomic E-state index is 12.2. The highest BCUT2D eigenvalue weighted by molar-refractivity contribution is 5.79. The molecule has 0 saturated heterocycles. The summed E-state index contributed by atoms with van der Waals surface area (Å²) in [6.07, 6.45) is 0.948. The average molecular weight is 353 g/mol. The molecule has 0 saturated carbocycles. The lowest BCUT2D eigenvalue weighted by Crippen LogP contribution is -2.29. The molecule has 2 aromatic carbocycles. The molecule has 0 atom stereocenters. The van der Waals surface area contributed by atoms with Crippen LogP contribution in [0, 0.1) is 0 Å². The zero-order chi connectivity index (χ0) is 18.5. The lowest BCUT2D eigenvalue weighted by molar-refractivity contribution is -0.137. The summed E-state index contributed by atoms with van der Waals surface area (Å²) in [6.45, 7) is 0.788. The van der Waals surface area contributed by atoms with Gasteiger partial charge in [0.25, 0.3) is 0 Å². The third-order valence-electron chi connectivity index (χ3n) is 4.78. The van der Waals surface area contributed by atoms with Gasteiger partial charge in [0.05, 0.1) is 0 Å². The molecule has 0 aliphatic heterocycles. The fraction of sp³-hybridized carbons (Fsp3) is 0.333. The molecular formula is C21H23NO4. The largest absolute Gasteiger partial charge is 0.481 e. The second-order valence-corrected chi connectivity index (χ2v) is 6.58. The normalized spacial score (nSPS) is 12.3. The van der Waals surface area contributed by atoms with Gasteiger partial charge in [0.15, 0.2) is 0 Å². The first-order valence-electron chi connectivity index (χ1n) is 8.86. The van der Waals surface area contributed by atoms with E-state index >= 15 is 0 Å². The van der Waals surface area contributed by atoms with Crippen LogP contribution in [-0.4, -0.2) is 42.3 Å². The molecule has 26 heavy (non-hydrogen) atoms. The Morgan fingerprint density at radius 2 is 1.58 bits per heavy atom. The van der Waals surface area contributed by atoms with Gasteiger partial charge in [-0.3, -0.25) is 4.79 Å². The van der Waals surface area contributed by atoms with Crippen LogP contribution in [0.3, 0.4) is 0 Å². The highest BCUT2D eigenvalue weighted by Crippen LogP contribution is 2.44. The van der Waals surface area contributed by atoms with Crippen molar-refractivity contribution < 1.29 is 19.4 Å². The van der Waals surface area contributed by atoms with E-state index in [9.17, 15) is 9.59 Å². The molecule has 1 aliphatic rings. The van der Waals surface area contributed by atoms with E-state index < -0.39 is 5.97 Å². The zero-order valence-corrected chi connectivity index (χ0v) is 14.9. The van der Waals surface area contributed by atoms with E-state index in [1.807, 2.05) is 24.3 Å². The average Bonchev–Trinajstić information content (AvgIpc) is 2.97. The number of nitrogens with zero attached hydrogens (tertiary/aromatic N) is 1. The number of aliphatic carboxylic acids is 1. The molecule has 0 bridgehead atoms.